The molecule has 6 unspecified atom stereocenters. The van der Waals surface area contributed by atoms with Gasteiger partial charge in [0, 0.05) is 17.3 Å². The number of hydrogen-bond donors (Lipinski definition) is 4. The molecule has 6 rings (SSSR count). The van der Waals surface area contributed by atoms with Crippen molar-refractivity contribution < 1.29 is 55.4 Å². The van der Waals surface area contributed by atoms with Crippen LogP contribution in [0.15, 0.2) is 23.8 Å². The molecular weight excluding hydrogens is 864 g/mol. The first kappa shape index (κ1) is 45.2. The van der Waals surface area contributed by atoms with E-state index in [0.29, 0.717) is 22.8 Å². The van der Waals surface area contributed by atoms with Gasteiger partial charge in [0.25, 0.3) is 5.56 Å². The molecule has 0 radical (unpaired) electrons. The maximum Gasteiger partial charge on any atom is 0.390 e. The summed E-state index contributed by atoms with van der Waals surface area (Å²) in [6.45, 7) is -0.786. The first-order valence-corrected chi connectivity index (χ1v) is 24.3. The van der Waals surface area contributed by atoms with Crippen molar-refractivity contribution in [3.8, 4) is 0 Å². The summed E-state index contributed by atoms with van der Waals surface area (Å²) in [4.78, 5) is 70.9. The number of fused-ring (bicyclic) bond motifs is 2. The zero-order valence-corrected chi connectivity index (χ0v) is 36.0. The van der Waals surface area contributed by atoms with Crippen molar-refractivity contribution >= 4 is 82.0 Å². The molecule has 2 aliphatic rings. The zero-order valence-electron chi connectivity index (χ0n) is 32.6. The molecule has 4 aromatic heterocycles. The molecule has 2 saturated heterocycles. The largest absolute Gasteiger partial charge is 0.390 e. The van der Waals surface area contributed by atoms with Gasteiger partial charge in [0.2, 0.25) is 5.95 Å². The number of imidazole rings is 2. The summed E-state index contributed by atoms with van der Waals surface area (Å²) in [5.41, 5.74) is 9.28. The minimum absolute atomic E-state index is 0.0159. The molecule has 324 valence electrons. The lowest BCUT2D eigenvalue weighted by Gasteiger charge is -2.27. The van der Waals surface area contributed by atoms with Crippen LogP contribution in [0, 0.1) is 10.8 Å². The Morgan fingerprint density at radius 3 is 2.20 bits per heavy atom. The third kappa shape index (κ3) is 10.2. The number of carbonyl (C=O) groups is 2. The fourth-order valence-corrected chi connectivity index (χ4v) is 11.6. The standard InChI is InChI=1S/C32H44F2N10O11P2S2/c1-31(2,3)18(45)10-58-56(48,49)51-9-17-23(20(34)29(54-17)43-13-39-21-24(35)37-12-38-25(21)43)55-57(50,59-11-19(46)32(4,5)6)52-8-15-7-16(33)28(53-15)44-14-40-22-26(44)41-30(36)42-27(22)47/h12-17,20,23,28-29H,7-11H2,1-6H3,(H,48,49)(H2,35,37,38)(H3,36,41,42,47)/t15?,16-,17?,20-,23-,28?,29?,57?/m1/s1. The van der Waals surface area contributed by atoms with Crippen LogP contribution in [0.25, 0.3) is 22.3 Å². The van der Waals surface area contributed by atoms with Gasteiger partial charge >= 0.3 is 13.6 Å². The molecular formula is C32H44F2N10O11P2S2. The molecule has 2 aliphatic heterocycles. The Kier molecular flexibility index (Phi) is 13.1. The molecule has 21 nitrogen and oxygen atoms in total. The highest BCUT2D eigenvalue weighted by Crippen LogP contribution is 2.64. The number of anilines is 2. The van der Waals surface area contributed by atoms with Gasteiger partial charge in [-0.3, -0.25) is 42.1 Å². The van der Waals surface area contributed by atoms with Gasteiger partial charge in [-0.25, -0.2) is 37.8 Å². The SMILES string of the molecule is CC(C)(C)C(=O)CSP(=O)(O)OCC1OC(n2cnc3c(N)ncnc32)[C@H](F)[C@@H]1OP(=O)(OCC1C[C@@H](F)C(n2cnc3c(=O)[nH]c(N)nc32)O1)SCC(=O)C(C)(C)C. The Bertz CT molecular complexity index is 2370. The molecule has 27 heteroatoms. The molecule has 2 fully saturated rings. The van der Waals surface area contributed by atoms with E-state index < -0.39 is 92.1 Å². The van der Waals surface area contributed by atoms with Crippen LogP contribution in [0.5, 0.6) is 0 Å². The number of aromatic amines is 1. The number of Topliss-reactive ketones (excluding diaryl/α,β-unsaturated/α-hetero) is 2. The molecule has 0 bridgehead atoms. The van der Waals surface area contributed by atoms with Crippen LogP contribution in [0.4, 0.5) is 20.5 Å². The van der Waals surface area contributed by atoms with E-state index in [1.165, 1.54) is 15.5 Å². The highest BCUT2D eigenvalue weighted by molar-refractivity contribution is 8.55. The summed E-state index contributed by atoms with van der Waals surface area (Å²) in [7, 11) is 0. The number of hydrogen-bond acceptors (Lipinski definition) is 19. The Hall–Kier alpha value is -3.38. The van der Waals surface area contributed by atoms with Gasteiger partial charge in [0.15, 0.2) is 41.3 Å². The lowest BCUT2D eigenvalue weighted by atomic mass is 9.92. The first-order valence-electron chi connectivity index (χ1n) is 18.0. The third-order valence-corrected chi connectivity index (χ3v) is 15.7. The molecule has 9 atom stereocenters. The minimum Gasteiger partial charge on any atom is -0.382 e. The number of ketones is 2. The molecule has 59 heavy (non-hydrogen) atoms. The first-order chi connectivity index (χ1) is 27.5. The normalized spacial score (nSPS) is 26.0. The van der Waals surface area contributed by atoms with Crippen molar-refractivity contribution in [3.05, 3.63) is 29.3 Å². The Morgan fingerprint density at radius 1 is 0.915 bits per heavy atom. The molecule has 0 saturated carbocycles. The van der Waals surface area contributed by atoms with E-state index in [1.54, 1.807) is 41.5 Å². The number of nitrogens with two attached hydrogens (primary N) is 2. The highest BCUT2D eigenvalue weighted by atomic mass is 32.7. The number of nitrogens with one attached hydrogen (secondary N) is 1. The highest BCUT2D eigenvalue weighted by Gasteiger charge is 2.52. The molecule has 0 aromatic carbocycles. The summed E-state index contributed by atoms with van der Waals surface area (Å²) < 4.78 is 91.4. The van der Waals surface area contributed by atoms with E-state index in [0.717, 1.165) is 12.7 Å². The number of ether oxygens (including phenoxy) is 2. The summed E-state index contributed by atoms with van der Waals surface area (Å²) in [6, 6.07) is 0. The number of nitrogens with zero attached hydrogens (tertiary/aromatic N) is 7. The second-order valence-corrected chi connectivity index (χ2v) is 23.7. The van der Waals surface area contributed by atoms with E-state index >= 15 is 8.78 Å². The summed E-state index contributed by atoms with van der Waals surface area (Å²) in [6.07, 6.45) is -8.25. The molecule has 6 heterocycles. The van der Waals surface area contributed by atoms with E-state index in [9.17, 15) is 28.4 Å². The fourth-order valence-electron chi connectivity index (χ4n) is 5.75. The van der Waals surface area contributed by atoms with Gasteiger partial charge in [0.1, 0.15) is 41.8 Å². The molecule has 4 aromatic rings. The second kappa shape index (κ2) is 17.2. The van der Waals surface area contributed by atoms with Gasteiger partial charge in [0.05, 0.1) is 43.5 Å². The Morgan fingerprint density at radius 2 is 1.54 bits per heavy atom. The molecule has 0 amide bonds. The van der Waals surface area contributed by atoms with Crippen LogP contribution in [0.1, 0.15) is 60.4 Å². The topological polar surface area (TPSA) is 294 Å². The van der Waals surface area contributed by atoms with E-state index in [-0.39, 0.29) is 57.8 Å². The van der Waals surface area contributed by atoms with Crippen LogP contribution in [0.2, 0.25) is 0 Å². The van der Waals surface area contributed by atoms with Crippen molar-refractivity contribution in [3.63, 3.8) is 0 Å². The predicted octanol–water partition coefficient (Wildman–Crippen LogP) is 4.31. The van der Waals surface area contributed by atoms with Crippen LogP contribution in [-0.4, -0.2) is 111 Å². The van der Waals surface area contributed by atoms with Crippen LogP contribution in [0.3, 0.4) is 0 Å². The van der Waals surface area contributed by atoms with Gasteiger partial charge < -0.3 is 25.8 Å². The van der Waals surface area contributed by atoms with E-state index in [4.69, 9.17) is 34.5 Å². The second-order valence-electron chi connectivity index (χ2n) is 15.7. The maximum absolute atomic E-state index is 16.8. The van der Waals surface area contributed by atoms with E-state index in [2.05, 4.69) is 29.9 Å². The van der Waals surface area contributed by atoms with Gasteiger partial charge in [-0.05, 0) is 22.8 Å². The number of rotatable bonds is 16. The van der Waals surface area contributed by atoms with Crippen LogP contribution in [-0.2, 0) is 41.8 Å². The van der Waals surface area contributed by atoms with Gasteiger partial charge in [-0.15, -0.1) is 0 Å². The quantitative estimate of drug-likeness (QED) is 0.114. The van der Waals surface area contributed by atoms with Crippen molar-refractivity contribution in [2.75, 3.05) is 36.2 Å². The number of H-pyrrole nitrogens is 1. The average molecular weight is 909 g/mol. The third-order valence-electron chi connectivity index (χ3n) is 9.24. The van der Waals surface area contributed by atoms with Gasteiger partial charge in [-0.2, -0.15) is 4.98 Å². The number of carbonyl (C=O) groups excluding carboxylic acids is 2. The number of nitrogen functional groups attached to an aromatic ring is 2. The van der Waals surface area contributed by atoms with Crippen LogP contribution < -0.4 is 17.0 Å². The number of halogens is 2. The number of alkyl halides is 2. The summed E-state index contributed by atoms with van der Waals surface area (Å²) >= 11 is 0.804. The van der Waals surface area contributed by atoms with E-state index in [1.807, 2.05) is 0 Å². The molecule has 0 aliphatic carbocycles. The van der Waals surface area contributed by atoms with Crippen molar-refractivity contribution in [2.45, 2.75) is 91.1 Å². The summed E-state index contributed by atoms with van der Waals surface area (Å²) in [5, 5.41) is 0. The monoisotopic (exact) mass is 908 g/mol. The molecule has 6 N–H and O–H groups in total. The maximum atomic E-state index is 16.8. The van der Waals surface area contributed by atoms with Crippen LogP contribution >= 0.6 is 36.4 Å². The average Bonchev–Trinajstić information content (AvgIpc) is 3.92. The summed E-state index contributed by atoms with van der Waals surface area (Å²) in [5.74, 6) is -1.75. The minimum atomic E-state index is -4.67. The Labute approximate surface area is 343 Å². The smallest absolute Gasteiger partial charge is 0.382 e. The predicted molar refractivity (Wildman–Crippen MR) is 213 cm³/mol. The lowest BCUT2D eigenvalue weighted by Crippen LogP contribution is -2.34. The van der Waals surface area contributed by atoms with Gasteiger partial charge in [-0.1, -0.05) is 41.5 Å². The Balaban J connectivity index is 1.25. The number of aromatic nitrogens is 8. The van der Waals surface area contributed by atoms with Crippen molar-refractivity contribution in [2.24, 2.45) is 10.8 Å². The zero-order chi connectivity index (χ0) is 43.2. The fraction of sp³-hybridized carbons (Fsp3) is 0.625. The van der Waals surface area contributed by atoms with Crippen molar-refractivity contribution in [1.82, 2.24) is 39.0 Å². The lowest BCUT2D eigenvalue weighted by molar-refractivity contribution is -0.124. The molecule has 0 spiro atoms. The van der Waals surface area contributed by atoms with Crippen molar-refractivity contribution in [1.29, 1.82) is 0 Å².